The summed E-state index contributed by atoms with van der Waals surface area (Å²) in [6.45, 7) is 0. The molecule has 2 aromatic heterocycles. The molecule has 0 saturated carbocycles. The van der Waals surface area contributed by atoms with Crippen molar-refractivity contribution in [3.63, 3.8) is 0 Å². The fourth-order valence-electron chi connectivity index (χ4n) is 2.91. The molecule has 3 heterocycles. The van der Waals surface area contributed by atoms with Crippen molar-refractivity contribution in [1.82, 2.24) is 15.2 Å². The third-order valence-electron chi connectivity index (χ3n) is 4.24. The lowest BCUT2D eigenvalue weighted by Crippen LogP contribution is -2.07. The molecule has 0 radical (unpaired) electrons. The summed E-state index contributed by atoms with van der Waals surface area (Å²) in [5, 5.41) is 9.08. The van der Waals surface area contributed by atoms with Crippen LogP contribution in [0.3, 0.4) is 0 Å². The van der Waals surface area contributed by atoms with Crippen LogP contribution in [0.5, 0.6) is 0 Å². The third-order valence-corrected chi connectivity index (χ3v) is 7.13. The average Bonchev–Trinajstić information content (AvgIpc) is 3.34. The first kappa shape index (κ1) is 18.5. The van der Waals surface area contributed by atoms with Crippen LogP contribution in [0.15, 0.2) is 44.5 Å². The molecule has 0 N–H and O–H groups in total. The second-order valence-corrected chi connectivity index (χ2v) is 9.94. The topological polar surface area (TPSA) is 99.1 Å². The number of oxazole rings is 1. The van der Waals surface area contributed by atoms with E-state index in [1.165, 1.54) is 11.8 Å². The standard InChI is InChI=1S/C17H16ClN3O4S2/c18-13-3-1-12(2-4-13)14-8-19-16(24-14)9-26-17-21-20-15(25-17)7-11-5-6-27(22,23)10-11/h1-4,8,11H,5-7,9-10H2/t11-/m0/s1. The van der Waals surface area contributed by atoms with E-state index in [0.29, 0.717) is 46.4 Å². The van der Waals surface area contributed by atoms with Crippen LogP contribution in [0.1, 0.15) is 18.2 Å². The predicted octanol–water partition coefficient (Wildman–Crippen LogP) is 3.65. The van der Waals surface area contributed by atoms with Gasteiger partial charge in [-0.1, -0.05) is 23.4 Å². The quantitative estimate of drug-likeness (QED) is 0.552. The van der Waals surface area contributed by atoms with Gasteiger partial charge in [0.1, 0.15) is 0 Å². The van der Waals surface area contributed by atoms with Gasteiger partial charge >= 0.3 is 0 Å². The number of rotatable bonds is 6. The van der Waals surface area contributed by atoms with Gasteiger partial charge in [0.25, 0.3) is 5.22 Å². The largest absolute Gasteiger partial charge is 0.440 e. The average molecular weight is 426 g/mol. The number of halogens is 1. The van der Waals surface area contributed by atoms with Crippen LogP contribution in [-0.2, 0) is 22.0 Å². The van der Waals surface area contributed by atoms with Crippen LogP contribution < -0.4 is 0 Å². The van der Waals surface area contributed by atoms with Gasteiger partial charge in [-0.3, -0.25) is 0 Å². The highest BCUT2D eigenvalue weighted by Gasteiger charge is 2.29. The molecule has 0 bridgehead atoms. The number of hydrogen-bond acceptors (Lipinski definition) is 8. The number of benzene rings is 1. The molecule has 1 aromatic carbocycles. The lowest BCUT2D eigenvalue weighted by Gasteiger charge is -2.01. The van der Waals surface area contributed by atoms with E-state index < -0.39 is 9.84 Å². The zero-order valence-electron chi connectivity index (χ0n) is 14.2. The summed E-state index contributed by atoms with van der Waals surface area (Å²) in [7, 11) is -2.90. The number of hydrogen-bond donors (Lipinski definition) is 0. The molecule has 0 unspecified atom stereocenters. The Morgan fingerprint density at radius 2 is 1.96 bits per heavy atom. The summed E-state index contributed by atoms with van der Waals surface area (Å²) < 4.78 is 34.4. The Morgan fingerprint density at radius 1 is 1.15 bits per heavy atom. The van der Waals surface area contributed by atoms with Crippen molar-refractivity contribution in [3.05, 3.63) is 47.3 Å². The SMILES string of the molecule is O=S1(=O)CC[C@@H](Cc2nnc(SCc3ncc(-c4ccc(Cl)cc4)o3)o2)C1. The highest BCUT2D eigenvalue weighted by Crippen LogP contribution is 2.27. The van der Waals surface area contributed by atoms with Crippen LogP contribution >= 0.6 is 23.4 Å². The van der Waals surface area contributed by atoms with Crippen LogP contribution in [0, 0.1) is 5.92 Å². The Balaban J connectivity index is 1.33. The number of thioether (sulfide) groups is 1. The molecule has 1 aliphatic heterocycles. The van der Waals surface area contributed by atoms with Crippen molar-refractivity contribution in [3.8, 4) is 11.3 Å². The highest BCUT2D eigenvalue weighted by molar-refractivity contribution is 7.98. The molecule has 0 spiro atoms. The molecule has 3 aromatic rings. The molecule has 0 aliphatic carbocycles. The van der Waals surface area contributed by atoms with E-state index in [1.54, 1.807) is 18.3 Å². The third kappa shape index (κ3) is 4.72. The van der Waals surface area contributed by atoms with E-state index in [4.69, 9.17) is 20.4 Å². The summed E-state index contributed by atoms with van der Waals surface area (Å²) in [5.74, 6) is 2.63. The van der Waals surface area contributed by atoms with E-state index >= 15 is 0 Å². The van der Waals surface area contributed by atoms with E-state index in [1.807, 2.05) is 12.1 Å². The Morgan fingerprint density at radius 3 is 2.70 bits per heavy atom. The van der Waals surface area contributed by atoms with Gasteiger partial charge in [0, 0.05) is 17.0 Å². The summed E-state index contributed by atoms with van der Waals surface area (Å²) in [5.41, 5.74) is 0.898. The smallest absolute Gasteiger partial charge is 0.277 e. The zero-order chi connectivity index (χ0) is 18.9. The predicted molar refractivity (Wildman–Crippen MR) is 101 cm³/mol. The first-order chi connectivity index (χ1) is 13.0. The number of sulfone groups is 1. The van der Waals surface area contributed by atoms with Gasteiger partial charge in [0.2, 0.25) is 11.8 Å². The van der Waals surface area contributed by atoms with Gasteiger partial charge < -0.3 is 8.83 Å². The minimum Gasteiger partial charge on any atom is -0.440 e. The van der Waals surface area contributed by atoms with Gasteiger partial charge in [0.05, 0.1) is 23.5 Å². The van der Waals surface area contributed by atoms with Gasteiger partial charge in [-0.15, -0.1) is 10.2 Å². The normalized spacial score (nSPS) is 18.8. The maximum absolute atomic E-state index is 11.5. The Hall–Kier alpha value is -1.84. The highest BCUT2D eigenvalue weighted by atomic mass is 35.5. The molecule has 1 aliphatic rings. The van der Waals surface area contributed by atoms with E-state index in [9.17, 15) is 8.42 Å². The van der Waals surface area contributed by atoms with Gasteiger partial charge in [0.15, 0.2) is 15.6 Å². The van der Waals surface area contributed by atoms with Crippen molar-refractivity contribution in [2.24, 2.45) is 5.92 Å². The first-order valence-corrected chi connectivity index (χ1v) is 11.5. The van der Waals surface area contributed by atoms with E-state index in [2.05, 4.69) is 15.2 Å². The van der Waals surface area contributed by atoms with E-state index in [0.717, 1.165) is 5.56 Å². The Labute approximate surface area is 165 Å². The summed E-state index contributed by atoms with van der Waals surface area (Å²) in [6, 6.07) is 7.33. The lowest BCUT2D eigenvalue weighted by molar-refractivity contribution is 0.389. The molecule has 1 fully saturated rings. The fourth-order valence-corrected chi connectivity index (χ4v) is 5.53. The van der Waals surface area contributed by atoms with Crippen LogP contribution in [0.2, 0.25) is 5.02 Å². The summed E-state index contributed by atoms with van der Waals surface area (Å²) >= 11 is 7.22. The van der Waals surface area contributed by atoms with Gasteiger partial charge in [-0.25, -0.2) is 13.4 Å². The second kappa shape index (κ2) is 7.65. The Bertz CT molecular complexity index is 1030. The van der Waals surface area contributed by atoms with Gasteiger partial charge in [-0.05, 0) is 36.6 Å². The maximum Gasteiger partial charge on any atom is 0.277 e. The molecule has 4 rings (SSSR count). The van der Waals surface area contributed by atoms with Crippen molar-refractivity contribution < 1.29 is 17.3 Å². The first-order valence-electron chi connectivity index (χ1n) is 8.33. The van der Waals surface area contributed by atoms with Gasteiger partial charge in [-0.2, -0.15) is 0 Å². The minimum absolute atomic E-state index is 0.0574. The molecular weight excluding hydrogens is 410 g/mol. The molecule has 10 heteroatoms. The number of aromatic nitrogens is 3. The molecule has 1 atom stereocenters. The molecule has 7 nitrogen and oxygen atoms in total. The summed E-state index contributed by atoms with van der Waals surface area (Å²) in [4.78, 5) is 4.26. The van der Waals surface area contributed by atoms with Crippen LogP contribution in [0.25, 0.3) is 11.3 Å². The van der Waals surface area contributed by atoms with Crippen molar-refractivity contribution in [2.75, 3.05) is 11.5 Å². The molecular formula is C17H16ClN3O4S2. The molecule has 1 saturated heterocycles. The van der Waals surface area contributed by atoms with Crippen molar-refractivity contribution in [2.45, 2.75) is 23.8 Å². The van der Waals surface area contributed by atoms with E-state index in [-0.39, 0.29) is 17.4 Å². The van der Waals surface area contributed by atoms with Crippen LogP contribution in [-0.4, -0.2) is 35.1 Å². The minimum atomic E-state index is -2.90. The maximum atomic E-state index is 11.5. The van der Waals surface area contributed by atoms with Crippen molar-refractivity contribution in [1.29, 1.82) is 0 Å². The Kier molecular flexibility index (Phi) is 5.25. The fraction of sp³-hybridized carbons (Fsp3) is 0.353. The second-order valence-electron chi connectivity index (χ2n) is 6.35. The summed E-state index contributed by atoms with van der Waals surface area (Å²) in [6.07, 6.45) is 2.81. The lowest BCUT2D eigenvalue weighted by atomic mass is 10.1. The van der Waals surface area contributed by atoms with Crippen molar-refractivity contribution >= 4 is 33.2 Å². The zero-order valence-corrected chi connectivity index (χ0v) is 16.6. The molecule has 27 heavy (non-hydrogen) atoms. The number of nitrogens with zero attached hydrogens (tertiary/aromatic N) is 3. The monoisotopic (exact) mass is 425 g/mol. The molecule has 0 amide bonds. The van der Waals surface area contributed by atoms with Crippen LogP contribution in [0.4, 0.5) is 0 Å². The molecule has 142 valence electrons.